The maximum absolute atomic E-state index is 12.0. The van der Waals surface area contributed by atoms with E-state index < -0.39 is 28.5 Å². The monoisotopic (exact) mass is 299 g/mol. The van der Waals surface area contributed by atoms with Crippen molar-refractivity contribution in [1.29, 1.82) is 0 Å². The van der Waals surface area contributed by atoms with Gasteiger partial charge < -0.3 is 15.7 Å². The zero-order valence-electron chi connectivity index (χ0n) is 13.5. The molecular weight excluding hydrogens is 274 g/mol. The molecule has 0 bridgehead atoms. The van der Waals surface area contributed by atoms with Crippen molar-refractivity contribution in [1.82, 2.24) is 15.5 Å². The van der Waals surface area contributed by atoms with E-state index in [9.17, 15) is 19.5 Å². The molecule has 120 valence electrons. The van der Waals surface area contributed by atoms with Crippen LogP contribution in [0.15, 0.2) is 0 Å². The van der Waals surface area contributed by atoms with Crippen molar-refractivity contribution in [2.45, 2.75) is 52.6 Å². The molecule has 3 N–H and O–H groups in total. The Morgan fingerprint density at radius 3 is 2.19 bits per heavy atom. The lowest BCUT2D eigenvalue weighted by Gasteiger charge is -2.39. The quantitative estimate of drug-likeness (QED) is 0.630. The van der Waals surface area contributed by atoms with Gasteiger partial charge in [0.15, 0.2) is 0 Å². The largest absolute Gasteiger partial charge is 0.481 e. The van der Waals surface area contributed by atoms with Gasteiger partial charge in [0.2, 0.25) is 0 Å². The Bertz CT molecular complexity index is 469. The standard InChI is InChI=1S/C14H25N3O4/c1-12(2,10(19)20)14(5,6)15-7-8-17-9(18)13(3,4)16-11(17)21/h15H,7-8H2,1-6H3,(H,16,21)(H,19,20). The highest BCUT2D eigenvalue weighted by Gasteiger charge is 2.45. The molecule has 1 aliphatic rings. The van der Waals surface area contributed by atoms with Gasteiger partial charge in [-0.1, -0.05) is 0 Å². The first-order valence-corrected chi connectivity index (χ1v) is 6.95. The van der Waals surface area contributed by atoms with E-state index in [2.05, 4.69) is 10.6 Å². The van der Waals surface area contributed by atoms with Crippen molar-refractivity contribution in [3.63, 3.8) is 0 Å². The van der Waals surface area contributed by atoms with Crippen molar-refractivity contribution in [3.05, 3.63) is 0 Å². The van der Waals surface area contributed by atoms with Gasteiger partial charge >= 0.3 is 12.0 Å². The summed E-state index contributed by atoms with van der Waals surface area (Å²) < 4.78 is 0. The fourth-order valence-corrected chi connectivity index (χ4v) is 1.99. The van der Waals surface area contributed by atoms with E-state index in [0.29, 0.717) is 6.54 Å². The summed E-state index contributed by atoms with van der Waals surface area (Å²) in [4.78, 5) is 36.2. The minimum Gasteiger partial charge on any atom is -0.481 e. The number of hydrogen-bond acceptors (Lipinski definition) is 4. The van der Waals surface area contributed by atoms with E-state index >= 15 is 0 Å². The number of aliphatic carboxylic acids is 1. The molecule has 21 heavy (non-hydrogen) atoms. The molecule has 0 aliphatic carbocycles. The molecule has 7 nitrogen and oxygen atoms in total. The summed E-state index contributed by atoms with van der Waals surface area (Å²) in [6.07, 6.45) is 0. The highest BCUT2D eigenvalue weighted by Crippen LogP contribution is 2.30. The number of carboxylic acids is 1. The van der Waals surface area contributed by atoms with Gasteiger partial charge in [-0.3, -0.25) is 14.5 Å². The second-order valence-corrected chi connectivity index (χ2v) is 6.99. The molecule has 0 radical (unpaired) electrons. The van der Waals surface area contributed by atoms with E-state index in [1.54, 1.807) is 41.5 Å². The number of nitrogens with one attached hydrogen (secondary N) is 2. The van der Waals surface area contributed by atoms with Crippen LogP contribution >= 0.6 is 0 Å². The Morgan fingerprint density at radius 1 is 1.29 bits per heavy atom. The molecule has 1 fully saturated rings. The molecule has 0 saturated carbocycles. The van der Waals surface area contributed by atoms with Crippen molar-refractivity contribution in [2.24, 2.45) is 5.41 Å². The molecule has 0 aromatic carbocycles. The van der Waals surface area contributed by atoms with Gasteiger partial charge in [0.25, 0.3) is 5.91 Å². The van der Waals surface area contributed by atoms with Crippen molar-refractivity contribution < 1.29 is 19.5 Å². The van der Waals surface area contributed by atoms with E-state index in [-0.39, 0.29) is 12.5 Å². The molecule has 0 aromatic heterocycles. The van der Waals surface area contributed by atoms with Crippen LogP contribution in [-0.2, 0) is 9.59 Å². The van der Waals surface area contributed by atoms with Crippen LogP contribution in [0.3, 0.4) is 0 Å². The molecular formula is C14H25N3O4. The van der Waals surface area contributed by atoms with Crippen molar-refractivity contribution in [2.75, 3.05) is 13.1 Å². The lowest BCUT2D eigenvalue weighted by Crippen LogP contribution is -2.56. The summed E-state index contributed by atoms with van der Waals surface area (Å²) in [7, 11) is 0. The van der Waals surface area contributed by atoms with Gasteiger partial charge in [-0.05, 0) is 41.5 Å². The Morgan fingerprint density at radius 2 is 1.81 bits per heavy atom. The highest BCUT2D eigenvalue weighted by molar-refractivity contribution is 6.06. The van der Waals surface area contributed by atoms with Crippen LogP contribution in [0.4, 0.5) is 4.79 Å². The molecule has 1 rings (SSSR count). The van der Waals surface area contributed by atoms with Crippen LogP contribution in [-0.4, -0.2) is 52.1 Å². The molecule has 0 aromatic rings. The summed E-state index contributed by atoms with van der Waals surface area (Å²) >= 11 is 0. The van der Waals surface area contributed by atoms with Crippen LogP contribution < -0.4 is 10.6 Å². The zero-order chi connectivity index (χ0) is 16.6. The molecule has 1 heterocycles. The first-order chi connectivity index (χ1) is 9.33. The lowest BCUT2D eigenvalue weighted by atomic mass is 9.74. The third kappa shape index (κ3) is 3.18. The molecule has 1 aliphatic heterocycles. The summed E-state index contributed by atoms with van der Waals surface area (Å²) in [6.45, 7) is 10.7. The van der Waals surface area contributed by atoms with Gasteiger partial charge in [-0.25, -0.2) is 4.79 Å². The predicted molar refractivity (Wildman–Crippen MR) is 77.8 cm³/mol. The van der Waals surface area contributed by atoms with Crippen molar-refractivity contribution >= 4 is 17.9 Å². The normalized spacial score (nSPS) is 18.9. The fraction of sp³-hybridized carbons (Fsp3) is 0.786. The van der Waals surface area contributed by atoms with Crippen LogP contribution in [0, 0.1) is 5.41 Å². The smallest absolute Gasteiger partial charge is 0.325 e. The highest BCUT2D eigenvalue weighted by atomic mass is 16.4. The number of rotatable bonds is 6. The van der Waals surface area contributed by atoms with E-state index in [0.717, 1.165) is 4.90 Å². The van der Waals surface area contributed by atoms with E-state index in [4.69, 9.17) is 0 Å². The Hall–Kier alpha value is -1.63. The Labute approximate surface area is 125 Å². The van der Waals surface area contributed by atoms with Gasteiger partial charge in [0, 0.05) is 18.6 Å². The lowest BCUT2D eigenvalue weighted by molar-refractivity contribution is -0.151. The fourth-order valence-electron chi connectivity index (χ4n) is 1.99. The minimum atomic E-state index is -0.983. The topological polar surface area (TPSA) is 98.7 Å². The summed E-state index contributed by atoms with van der Waals surface area (Å²) in [5.74, 6) is -1.18. The summed E-state index contributed by atoms with van der Waals surface area (Å²) in [5, 5.41) is 15.0. The maximum atomic E-state index is 12.0. The number of carbonyl (C=O) groups excluding carboxylic acids is 2. The molecule has 7 heteroatoms. The Kier molecular flexibility index (Phi) is 4.39. The number of imide groups is 1. The Balaban J connectivity index is 2.64. The number of nitrogens with zero attached hydrogens (tertiary/aromatic N) is 1. The SMILES string of the molecule is CC1(C)NC(=O)N(CCNC(C)(C)C(C)(C)C(=O)O)C1=O. The maximum Gasteiger partial charge on any atom is 0.325 e. The van der Waals surface area contributed by atoms with E-state index in [1.807, 2.05) is 0 Å². The zero-order valence-corrected chi connectivity index (χ0v) is 13.5. The molecule has 0 spiro atoms. The number of amides is 3. The van der Waals surface area contributed by atoms with Crippen LogP contribution in [0.5, 0.6) is 0 Å². The van der Waals surface area contributed by atoms with Gasteiger partial charge in [0.1, 0.15) is 5.54 Å². The first kappa shape index (κ1) is 17.4. The van der Waals surface area contributed by atoms with Crippen LogP contribution in [0.25, 0.3) is 0 Å². The van der Waals surface area contributed by atoms with Gasteiger partial charge in [-0.2, -0.15) is 0 Å². The van der Waals surface area contributed by atoms with Crippen LogP contribution in [0.1, 0.15) is 41.5 Å². The number of urea groups is 1. The molecule has 0 unspecified atom stereocenters. The second-order valence-electron chi connectivity index (χ2n) is 6.99. The number of carbonyl (C=O) groups is 3. The third-order valence-electron chi connectivity index (χ3n) is 4.44. The minimum absolute atomic E-state index is 0.202. The number of hydrogen-bond donors (Lipinski definition) is 3. The van der Waals surface area contributed by atoms with Gasteiger partial charge in [0.05, 0.1) is 5.41 Å². The summed E-state index contributed by atoms with van der Waals surface area (Å²) in [5.41, 5.74) is -2.55. The second kappa shape index (κ2) is 5.29. The molecule has 3 amide bonds. The predicted octanol–water partition coefficient (Wildman–Crippen LogP) is 0.796. The molecule has 0 atom stereocenters. The van der Waals surface area contributed by atoms with Gasteiger partial charge in [-0.15, -0.1) is 0 Å². The van der Waals surface area contributed by atoms with Crippen LogP contribution in [0.2, 0.25) is 0 Å². The first-order valence-electron chi connectivity index (χ1n) is 6.95. The van der Waals surface area contributed by atoms with Crippen molar-refractivity contribution in [3.8, 4) is 0 Å². The third-order valence-corrected chi connectivity index (χ3v) is 4.44. The average molecular weight is 299 g/mol. The summed E-state index contributed by atoms with van der Waals surface area (Å²) in [6, 6.07) is -0.415. The number of carboxylic acid groups (broad SMARTS) is 1. The van der Waals surface area contributed by atoms with E-state index in [1.165, 1.54) is 0 Å². The molecule has 1 saturated heterocycles. The average Bonchev–Trinajstić information content (AvgIpc) is 2.50.